The number of thioether (sulfide) groups is 1. The number of nitrogens with zero attached hydrogens (tertiary/aromatic N) is 1. The Bertz CT molecular complexity index is 1130. The first kappa shape index (κ1) is 20.9. The zero-order valence-electron chi connectivity index (χ0n) is 17.1. The molecule has 1 unspecified atom stereocenters. The third-order valence-corrected chi connectivity index (χ3v) is 6.23. The van der Waals surface area contributed by atoms with Gasteiger partial charge in [0.05, 0.1) is 18.6 Å². The third kappa shape index (κ3) is 4.41. The Labute approximate surface area is 184 Å². The van der Waals surface area contributed by atoms with Crippen molar-refractivity contribution < 1.29 is 18.7 Å². The minimum absolute atomic E-state index is 0.130. The van der Waals surface area contributed by atoms with Crippen LogP contribution >= 0.6 is 11.8 Å². The van der Waals surface area contributed by atoms with Crippen LogP contribution < -0.4 is 15.0 Å². The van der Waals surface area contributed by atoms with Gasteiger partial charge in [-0.05, 0) is 60.5 Å². The highest BCUT2D eigenvalue weighted by Crippen LogP contribution is 2.43. The number of hydrogen-bond acceptors (Lipinski definition) is 4. The number of hydrogen-bond donors (Lipinski definition) is 1. The van der Waals surface area contributed by atoms with Crippen molar-refractivity contribution in [1.29, 1.82) is 0 Å². The first-order valence-electron chi connectivity index (χ1n) is 9.71. The Morgan fingerprint density at radius 2 is 1.90 bits per heavy atom. The minimum Gasteiger partial charge on any atom is -0.497 e. The number of anilines is 2. The van der Waals surface area contributed by atoms with Crippen LogP contribution in [0.1, 0.15) is 26.9 Å². The lowest BCUT2D eigenvalue weighted by Crippen LogP contribution is -2.28. The first-order chi connectivity index (χ1) is 15.0. The van der Waals surface area contributed by atoms with Crippen LogP contribution in [-0.2, 0) is 4.79 Å². The van der Waals surface area contributed by atoms with E-state index in [2.05, 4.69) is 5.32 Å². The Balaban J connectivity index is 1.53. The van der Waals surface area contributed by atoms with Crippen molar-refractivity contribution in [2.45, 2.75) is 12.3 Å². The molecule has 2 amide bonds. The molecular formula is C24H21FN2O3S. The van der Waals surface area contributed by atoms with Crippen molar-refractivity contribution in [1.82, 2.24) is 0 Å². The number of halogens is 1. The van der Waals surface area contributed by atoms with Crippen LogP contribution in [0.4, 0.5) is 15.8 Å². The molecule has 1 aliphatic heterocycles. The van der Waals surface area contributed by atoms with E-state index in [-0.39, 0.29) is 28.6 Å². The molecule has 0 bridgehead atoms. The molecule has 1 saturated heterocycles. The van der Waals surface area contributed by atoms with Gasteiger partial charge in [0.2, 0.25) is 5.91 Å². The van der Waals surface area contributed by atoms with E-state index in [1.54, 1.807) is 55.6 Å². The Hall–Kier alpha value is -3.32. The van der Waals surface area contributed by atoms with E-state index in [1.165, 1.54) is 22.7 Å². The lowest BCUT2D eigenvalue weighted by molar-refractivity contribution is -0.115. The van der Waals surface area contributed by atoms with Crippen molar-refractivity contribution in [3.05, 3.63) is 89.2 Å². The van der Waals surface area contributed by atoms with Gasteiger partial charge in [0.15, 0.2) is 0 Å². The van der Waals surface area contributed by atoms with E-state index in [9.17, 15) is 14.0 Å². The topological polar surface area (TPSA) is 58.6 Å². The van der Waals surface area contributed by atoms with Crippen LogP contribution in [-0.4, -0.2) is 24.7 Å². The van der Waals surface area contributed by atoms with Crippen LogP contribution in [0.3, 0.4) is 0 Å². The zero-order valence-corrected chi connectivity index (χ0v) is 17.9. The van der Waals surface area contributed by atoms with Gasteiger partial charge in [0.1, 0.15) is 16.9 Å². The number of nitrogens with one attached hydrogen (secondary N) is 1. The van der Waals surface area contributed by atoms with Gasteiger partial charge >= 0.3 is 0 Å². The van der Waals surface area contributed by atoms with Gasteiger partial charge in [-0.1, -0.05) is 24.3 Å². The van der Waals surface area contributed by atoms with Gasteiger partial charge in [0, 0.05) is 11.3 Å². The molecule has 0 aliphatic carbocycles. The average molecular weight is 437 g/mol. The molecule has 1 heterocycles. The number of amides is 2. The number of benzene rings is 3. The van der Waals surface area contributed by atoms with Crippen molar-refractivity contribution in [2.75, 3.05) is 23.1 Å². The van der Waals surface area contributed by atoms with Crippen LogP contribution in [0, 0.1) is 12.7 Å². The number of carbonyl (C=O) groups excluding carboxylic acids is 2. The van der Waals surface area contributed by atoms with Crippen LogP contribution in [0.25, 0.3) is 0 Å². The maximum atomic E-state index is 14.4. The van der Waals surface area contributed by atoms with Gasteiger partial charge in [-0.25, -0.2) is 4.39 Å². The standard InChI is InChI=1S/C24H21FN2O3S/c1-15-6-11-20(25)21(12-15)27-22(28)14-31-24(27)16-7-9-18(10-8-16)26-23(29)17-4-3-5-19(13-17)30-2/h3-13,24H,14H2,1-2H3,(H,26,29). The average Bonchev–Trinajstić information content (AvgIpc) is 3.17. The van der Waals surface area contributed by atoms with Gasteiger partial charge in [-0.3, -0.25) is 14.5 Å². The number of aryl methyl sites for hydroxylation is 1. The van der Waals surface area contributed by atoms with E-state index in [0.717, 1.165) is 11.1 Å². The molecule has 1 fully saturated rings. The lowest BCUT2D eigenvalue weighted by Gasteiger charge is -2.25. The second kappa shape index (κ2) is 8.81. The summed E-state index contributed by atoms with van der Waals surface area (Å²) in [5.41, 5.74) is 3.14. The van der Waals surface area contributed by atoms with E-state index in [1.807, 2.05) is 19.1 Å². The molecule has 0 aromatic heterocycles. The van der Waals surface area contributed by atoms with Gasteiger partial charge in [-0.15, -0.1) is 11.8 Å². The van der Waals surface area contributed by atoms with Crippen molar-refractivity contribution in [2.24, 2.45) is 0 Å². The second-order valence-electron chi connectivity index (χ2n) is 7.19. The highest BCUT2D eigenvalue weighted by Gasteiger charge is 2.35. The van der Waals surface area contributed by atoms with Crippen LogP contribution in [0.15, 0.2) is 66.7 Å². The molecule has 4 rings (SSSR count). The summed E-state index contributed by atoms with van der Waals surface area (Å²) in [7, 11) is 1.55. The largest absolute Gasteiger partial charge is 0.497 e. The zero-order chi connectivity index (χ0) is 22.0. The maximum absolute atomic E-state index is 14.4. The predicted molar refractivity (Wildman–Crippen MR) is 121 cm³/mol. The molecule has 0 radical (unpaired) electrons. The van der Waals surface area contributed by atoms with E-state index in [4.69, 9.17) is 4.74 Å². The summed E-state index contributed by atoms with van der Waals surface area (Å²) in [6.45, 7) is 1.87. The summed E-state index contributed by atoms with van der Waals surface area (Å²) in [5.74, 6) is 0.0882. The fourth-order valence-electron chi connectivity index (χ4n) is 3.44. The molecule has 5 nitrogen and oxygen atoms in total. The Kier molecular flexibility index (Phi) is 5.95. The van der Waals surface area contributed by atoms with Crippen LogP contribution in [0.2, 0.25) is 0 Å². The lowest BCUT2D eigenvalue weighted by atomic mass is 10.1. The molecule has 3 aromatic carbocycles. The summed E-state index contributed by atoms with van der Waals surface area (Å²) < 4.78 is 19.6. The summed E-state index contributed by atoms with van der Waals surface area (Å²) in [6.07, 6.45) is 0. The highest BCUT2D eigenvalue weighted by atomic mass is 32.2. The molecule has 3 aromatic rings. The quantitative estimate of drug-likeness (QED) is 0.599. The third-order valence-electron chi connectivity index (χ3n) is 5.01. The molecule has 1 aliphatic rings. The normalized spacial score (nSPS) is 15.8. The monoisotopic (exact) mass is 436 g/mol. The summed E-state index contributed by atoms with van der Waals surface area (Å²) in [5, 5.41) is 2.53. The minimum atomic E-state index is -0.423. The number of rotatable bonds is 5. The fraction of sp³-hybridized carbons (Fsp3) is 0.167. The van der Waals surface area contributed by atoms with E-state index >= 15 is 0 Å². The number of ether oxygens (including phenoxy) is 1. The SMILES string of the molecule is COc1cccc(C(=O)Nc2ccc(C3SCC(=O)N3c3cc(C)ccc3F)cc2)c1. The highest BCUT2D eigenvalue weighted by molar-refractivity contribution is 8.00. The van der Waals surface area contributed by atoms with Gasteiger partial charge in [-0.2, -0.15) is 0 Å². The molecule has 31 heavy (non-hydrogen) atoms. The molecule has 1 N–H and O–H groups in total. The van der Waals surface area contributed by atoms with E-state index in [0.29, 0.717) is 17.0 Å². The molecule has 0 spiro atoms. The van der Waals surface area contributed by atoms with Crippen molar-refractivity contribution in [3.8, 4) is 5.75 Å². The summed E-state index contributed by atoms with van der Waals surface area (Å²) in [6, 6.07) is 18.9. The molecule has 0 saturated carbocycles. The van der Waals surface area contributed by atoms with Crippen molar-refractivity contribution >= 4 is 35.0 Å². The molecule has 7 heteroatoms. The van der Waals surface area contributed by atoms with E-state index < -0.39 is 5.82 Å². The second-order valence-corrected chi connectivity index (χ2v) is 8.26. The number of methoxy groups -OCH3 is 1. The van der Waals surface area contributed by atoms with Gasteiger partial charge < -0.3 is 10.1 Å². The maximum Gasteiger partial charge on any atom is 0.255 e. The van der Waals surface area contributed by atoms with Crippen LogP contribution in [0.5, 0.6) is 5.75 Å². The summed E-state index contributed by atoms with van der Waals surface area (Å²) in [4.78, 5) is 26.5. The molecular weight excluding hydrogens is 415 g/mol. The Morgan fingerprint density at radius 3 is 2.65 bits per heavy atom. The summed E-state index contributed by atoms with van der Waals surface area (Å²) >= 11 is 1.45. The first-order valence-corrected chi connectivity index (χ1v) is 10.8. The van der Waals surface area contributed by atoms with Crippen molar-refractivity contribution in [3.63, 3.8) is 0 Å². The van der Waals surface area contributed by atoms with Gasteiger partial charge in [0.25, 0.3) is 5.91 Å². The smallest absolute Gasteiger partial charge is 0.255 e. The molecule has 158 valence electrons. The molecule has 1 atom stereocenters. The fourth-order valence-corrected chi connectivity index (χ4v) is 4.61. The number of carbonyl (C=O) groups is 2. The Morgan fingerprint density at radius 1 is 1.13 bits per heavy atom. The predicted octanol–water partition coefficient (Wildman–Crippen LogP) is 5.17.